The summed E-state index contributed by atoms with van der Waals surface area (Å²) in [6.45, 7) is 5.89. The van der Waals surface area contributed by atoms with Crippen LogP contribution in [0.2, 0.25) is 0 Å². The van der Waals surface area contributed by atoms with Crippen LogP contribution in [0, 0.1) is 0 Å². The maximum atomic E-state index is 4.87. The number of benzene rings is 1. The topological polar surface area (TPSA) is 85.0 Å². The Hall–Kier alpha value is -2.87. The van der Waals surface area contributed by atoms with E-state index in [0.29, 0.717) is 6.04 Å². The summed E-state index contributed by atoms with van der Waals surface area (Å²) in [5.41, 5.74) is 2.21. The molecular weight excluding hydrogens is 352 g/mol. The molecule has 2 aliphatic heterocycles. The Morgan fingerprint density at radius 1 is 1.07 bits per heavy atom. The maximum absolute atomic E-state index is 4.87. The lowest BCUT2D eigenvalue weighted by Gasteiger charge is -2.35. The standard InChI is InChI=1S/C20H26N8/c1-2-17(24-16-3-4-18-15(12-16)13-23-26-18)14-28(9-1)19-5-6-22-20(25-19)27-10-7-21-8-11-27/h3-6,12-13,17,21,24H,1-2,7-11,14H2,(H,23,26). The van der Waals surface area contributed by atoms with Crippen LogP contribution in [-0.2, 0) is 0 Å². The lowest BCUT2D eigenvalue weighted by atomic mass is 10.1. The van der Waals surface area contributed by atoms with Gasteiger partial charge in [0.25, 0.3) is 0 Å². The van der Waals surface area contributed by atoms with Gasteiger partial charge in [-0.15, -0.1) is 0 Å². The number of aromatic amines is 1. The number of rotatable bonds is 4. The van der Waals surface area contributed by atoms with Gasteiger partial charge >= 0.3 is 0 Å². The summed E-state index contributed by atoms with van der Waals surface area (Å²) in [6, 6.07) is 8.79. The Bertz CT molecular complexity index is 933. The van der Waals surface area contributed by atoms with Crippen LogP contribution in [0.3, 0.4) is 0 Å². The first-order valence-corrected chi connectivity index (χ1v) is 10.1. The molecule has 8 nitrogen and oxygen atoms in total. The third-order valence-electron chi connectivity index (χ3n) is 5.58. The summed E-state index contributed by atoms with van der Waals surface area (Å²) in [5.74, 6) is 1.87. The van der Waals surface area contributed by atoms with Gasteiger partial charge in [0.1, 0.15) is 5.82 Å². The smallest absolute Gasteiger partial charge is 0.227 e. The molecule has 2 saturated heterocycles. The number of piperidine rings is 1. The van der Waals surface area contributed by atoms with Gasteiger partial charge < -0.3 is 20.4 Å². The molecule has 4 heterocycles. The van der Waals surface area contributed by atoms with Crippen LogP contribution in [0.5, 0.6) is 0 Å². The highest BCUT2D eigenvalue weighted by atomic mass is 15.3. The molecule has 0 bridgehead atoms. The highest BCUT2D eigenvalue weighted by molar-refractivity contribution is 5.81. The molecule has 2 aliphatic rings. The van der Waals surface area contributed by atoms with E-state index in [4.69, 9.17) is 4.98 Å². The second kappa shape index (κ2) is 7.63. The van der Waals surface area contributed by atoms with Crippen molar-refractivity contribution in [3.8, 4) is 0 Å². The molecular formula is C20H26N8. The number of nitrogens with one attached hydrogen (secondary N) is 3. The first-order chi connectivity index (χ1) is 13.8. The van der Waals surface area contributed by atoms with Gasteiger partial charge in [-0.2, -0.15) is 10.1 Å². The van der Waals surface area contributed by atoms with Gasteiger partial charge in [-0.25, -0.2) is 4.98 Å². The van der Waals surface area contributed by atoms with Gasteiger partial charge in [0.05, 0.1) is 11.7 Å². The van der Waals surface area contributed by atoms with Gasteiger partial charge in [0, 0.05) is 62.6 Å². The van der Waals surface area contributed by atoms with Crippen LogP contribution in [0.15, 0.2) is 36.7 Å². The van der Waals surface area contributed by atoms with Gasteiger partial charge in [-0.05, 0) is 37.1 Å². The van der Waals surface area contributed by atoms with E-state index in [2.05, 4.69) is 53.8 Å². The van der Waals surface area contributed by atoms with E-state index in [1.54, 1.807) is 0 Å². The Balaban J connectivity index is 1.28. The van der Waals surface area contributed by atoms with E-state index in [9.17, 15) is 0 Å². The molecule has 0 spiro atoms. The minimum Gasteiger partial charge on any atom is -0.381 e. The fraction of sp³-hybridized carbons (Fsp3) is 0.450. The van der Waals surface area contributed by atoms with Crippen LogP contribution < -0.4 is 20.4 Å². The number of hydrogen-bond acceptors (Lipinski definition) is 7. The minimum absolute atomic E-state index is 0.399. The quantitative estimate of drug-likeness (QED) is 0.639. The van der Waals surface area contributed by atoms with Crippen molar-refractivity contribution in [3.05, 3.63) is 36.7 Å². The van der Waals surface area contributed by atoms with E-state index in [1.165, 1.54) is 0 Å². The summed E-state index contributed by atoms with van der Waals surface area (Å²) in [4.78, 5) is 14.0. The van der Waals surface area contributed by atoms with Crippen molar-refractivity contribution in [2.24, 2.45) is 0 Å². The first kappa shape index (κ1) is 17.2. The largest absolute Gasteiger partial charge is 0.381 e. The van der Waals surface area contributed by atoms with Crippen LogP contribution in [-0.4, -0.2) is 65.5 Å². The van der Waals surface area contributed by atoms with Gasteiger partial charge in [0.2, 0.25) is 5.95 Å². The maximum Gasteiger partial charge on any atom is 0.227 e. The molecule has 0 saturated carbocycles. The molecule has 0 aliphatic carbocycles. The van der Waals surface area contributed by atoms with E-state index in [0.717, 1.165) is 80.5 Å². The summed E-state index contributed by atoms with van der Waals surface area (Å²) >= 11 is 0. The molecule has 5 rings (SSSR count). The zero-order valence-electron chi connectivity index (χ0n) is 15.9. The molecule has 8 heteroatoms. The molecule has 3 aromatic rings. The van der Waals surface area contributed by atoms with Crippen molar-refractivity contribution in [1.29, 1.82) is 0 Å². The summed E-state index contributed by atoms with van der Waals surface area (Å²) in [6.07, 6.45) is 6.07. The molecule has 1 unspecified atom stereocenters. The van der Waals surface area contributed by atoms with Crippen LogP contribution in [0.4, 0.5) is 17.5 Å². The lowest BCUT2D eigenvalue weighted by molar-refractivity contribution is 0.525. The Kier molecular flexibility index (Phi) is 4.70. The molecule has 2 fully saturated rings. The van der Waals surface area contributed by atoms with Crippen LogP contribution >= 0.6 is 0 Å². The number of aromatic nitrogens is 4. The predicted octanol–water partition coefficient (Wildman–Crippen LogP) is 1.84. The number of hydrogen-bond donors (Lipinski definition) is 3. The minimum atomic E-state index is 0.399. The zero-order valence-corrected chi connectivity index (χ0v) is 15.9. The fourth-order valence-corrected chi connectivity index (χ4v) is 4.10. The number of piperazine rings is 1. The summed E-state index contributed by atoms with van der Waals surface area (Å²) in [7, 11) is 0. The van der Waals surface area contributed by atoms with Crippen molar-refractivity contribution in [3.63, 3.8) is 0 Å². The summed E-state index contributed by atoms with van der Waals surface area (Å²) < 4.78 is 0. The number of H-pyrrole nitrogens is 1. The summed E-state index contributed by atoms with van der Waals surface area (Å²) in [5, 5.41) is 15.3. The molecule has 2 aromatic heterocycles. The number of nitrogens with zero attached hydrogens (tertiary/aromatic N) is 5. The second-order valence-electron chi connectivity index (χ2n) is 7.55. The average molecular weight is 378 g/mol. The van der Waals surface area contributed by atoms with E-state index >= 15 is 0 Å². The normalized spacial score (nSPS) is 20.5. The lowest BCUT2D eigenvalue weighted by Crippen LogP contribution is -2.45. The van der Waals surface area contributed by atoms with E-state index in [1.807, 2.05) is 18.5 Å². The van der Waals surface area contributed by atoms with Gasteiger partial charge in [-0.1, -0.05) is 0 Å². The highest BCUT2D eigenvalue weighted by Gasteiger charge is 2.22. The molecule has 28 heavy (non-hydrogen) atoms. The highest BCUT2D eigenvalue weighted by Crippen LogP contribution is 2.23. The Labute approximate surface area is 164 Å². The zero-order chi connectivity index (χ0) is 18.8. The van der Waals surface area contributed by atoms with Gasteiger partial charge in [-0.3, -0.25) is 5.10 Å². The monoisotopic (exact) mass is 378 g/mol. The fourth-order valence-electron chi connectivity index (χ4n) is 4.10. The Morgan fingerprint density at radius 2 is 2.00 bits per heavy atom. The van der Waals surface area contributed by atoms with Crippen LogP contribution in [0.25, 0.3) is 10.9 Å². The molecule has 0 radical (unpaired) electrons. The first-order valence-electron chi connectivity index (χ1n) is 10.1. The molecule has 0 amide bonds. The number of fused-ring (bicyclic) bond motifs is 1. The van der Waals surface area contributed by atoms with Gasteiger partial charge in [0.15, 0.2) is 0 Å². The molecule has 1 atom stereocenters. The van der Waals surface area contributed by atoms with Crippen molar-refractivity contribution in [1.82, 2.24) is 25.5 Å². The second-order valence-corrected chi connectivity index (χ2v) is 7.55. The SMILES string of the molecule is c1cc(N2CCCC(Nc3ccc4[nH]ncc4c3)C2)nc(N2CCNCC2)n1. The van der Waals surface area contributed by atoms with Crippen molar-refractivity contribution < 1.29 is 0 Å². The Morgan fingerprint density at radius 3 is 2.93 bits per heavy atom. The van der Waals surface area contributed by atoms with E-state index in [-0.39, 0.29) is 0 Å². The predicted molar refractivity (Wildman–Crippen MR) is 112 cm³/mol. The third-order valence-corrected chi connectivity index (χ3v) is 5.58. The third kappa shape index (κ3) is 3.60. The molecule has 146 valence electrons. The molecule has 3 N–H and O–H groups in total. The average Bonchev–Trinajstić information content (AvgIpc) is 3.23. The molecule has 1 aromatic carbocycles. The number of anilines is 3. The van der Waals surface area contributed by atoms with E-state index < -0.39 is 0 Å². The van der Waals surface area contributed by atoms with Crippen molar-refractivity contribution >= 4 is 28.4 Å². The van der Waals surface area contributed by atoms with Crippen molar-refractivity contribution in [2.45, 2.75) is 18.9 Å². The van der Waals surface area contributed by atoms with Crippen LogP contribution in [0.1, 0.15) is 12.8 Å². The van der Waals surface area contributed by atoms with Crippen molar-refractivity contribution in [2.75, 3.05) is 54.4 Å².